The van der Waals surface area contributed by atoms with Crippen LogP contribution in [0.3, 0.4) is 0 Å². The molecule has 1 aromatic carbocycles. The van der Waals surface area contributed by atoms with Crippen molar-refractivity contribution >= 4 is 41.0 Å². The van der Waals surface area contributed by atoms with Crippen LogP contribution in [0.4, 0.5) is 10.5 Å². The Morgan fingerprint density at radius 1 is 0.980 bits per heavy atom. The molecule has 288 valence electrons. The van der Waals surface area contributed by atoms with Gasteiger partial charge in [-0.1, -0.05) is 26.0 Å². The highest BCUT2D eigenvalue weighted by atomic mass is 35.5. The molecule has 1 amide bonds. The van der Waals surface area contributed by atoms with Crippen LogP contribution in [0.1, 0.15) is 72.8 Å². The number of nitrogens with zero attached hydrogens (tertiary/aromatic N) is 1. The molecular formula is C37H56Cl2N2O10. The number of amides is 1. The van der Waals surface area contributed by atoms with Gasteiger partial charge in [-0.15, -0.1) is 23.2 Å². The second-order valence-corrected chi connectivity index (χ2v) is 16.1. The topological polar surface area (TPSA) is 123 Å². The van der Waals surface area contributed by atoms with Crippen LogP contribution in [0.5, 0.6) is 0 Å². The summed E-state index contributed by atoms with van der Waals surface area (Å²) in [5.74, 6) is 0.524. The van der Waals surface area contributed by atoms with E-state index in [0.717, 1.165) is 36.9 Å². The number of anilines is 1. The first kappa shape index (κ1) is 40.3. The van der Waals surface area contributed by atoms with Crippen molar-refractivity contribution < 1.29 is 47.8 Å². The number of hydrogen-bond acceptors (Lipinski definition) is 11. The third-order valence-corrected chi connectivity index (χ3v) is 10.8. The summed E-state index contributed by atoms with van der Waals surface area (Å²) >= 11 is 11.9. The van der Waals surface area contributed by atoms with Gasteiger partial charge in [-0.2, -0.15) is 0 Å². The number of alkyl carbamates (subject to hydrolysis) is 1. The quantitative estimate of drug-likeness (QED) is 0.0899. The van der Waals surface area contributed by atoms with Crippen molar-refractivity contribution in [2.75, 3.05) is 56.2 Å². The van der Waals surface area contributed by atoms with Crippen LogP contribution >= 0.6 is 23.2 Å². The number of alkyl halides is 2. The Hall–Kier alpha value is -1.90. The molecule has 6 rings (SSSR count). The first-order chi connectivity index (χ1) is 24.3. The standard InChI is InChI=1S/C37H56Cl2N2O10/c1-24-7-12-29-25(2)32(47-33-37(29)28(24)13-14-36(6,48-33)50-51-37)46-22-20-44-19-21-45-31(42)30(40-34(43)49-35(3,4)5)23-26-8-10-27(11-9-26)41(17-15-38)18-16-39/h8-11,24-25,28-30,32-33H,7,12-23H2,1-6H3,(H,40,43)/t24-,25-,28+,29+,30+,32-,33-,36-,37-/m1/s1. The minimum atomic E-state index is -0.968. The average Bonchev–Trinajstić information content (AvgIpc) is 3.31. The molecule has 4 saturated heterocycles. The molecule has 51 heavy (non-hydrogen) atoms. The van der Waals surface area contributed by atoms with Gasteiger partial charge in [-0.05, 0) is 76.5 Å². The van der Waals surface area contributed by atoms with Crippen LogP contribution < -0.4 is 10.2 Å². The molecule has 14 heteroatoms. The average molecular weight is 760 g/mol. The Kier molecular flexibility index (Phi) is 13.8. The molecule has 1 spiro atoms. The highest BCUT2D eigenvalue weighted by molar-refractivity contribution is 6.18. The lowest BCUT2D eigenvalue weighted by Crippen LogP contribution is -2.70. The van der Waals surface area contributed by atoms with E-state index in [-0.39, 0.29) is 50.6 Å². The van der Waals surface area contributed by atoms with E-state index in [4.69, 9.17) is 61.4 Å². The molecule has 9 atom stereocenters. The molecule has 1 aliphatic carbocycles. The van der Waals surface area contributed by atoms with Crippen LogP contribution in [-0.4, -0.2) is 99.0 Å². The first-order valence-corrected chi connectivity index (χ1v) is 19.4. The number of carbonyl (C=O) groups is 2. The van der Waals surface area contributed by atoms with Crippen molar-refractivity contribution in [1.82, 2.24) is 5.32 Å². The largest absolute Gasteiger partial charge is 0.462 e. The zero-order chi connectivity index (χ0) is 36.8. The first-order valence-electron chi connectivity index (χ1n) is 18.3. The van der Waals surface area contributed by atoms with E-state index in [0.29, 0.717) is 30.8 Å². The summed E-state index contributed by atoms with van der Waals surface area (Å²) in [4.78, 5) is 40.0. The van der Waals surface area contributed by atoms with E-state index < -0.39 is 47.7 Å². The molecule has 12 nitrogen and oxygen atoms in total. The van der Waals surface area contributed by atoms with Gasteiger partial charge in [0.15, 0.2) is 18.2 Å². The SMILES string of the molecule is C[C@H]1[C@H](OCCOCCOC(=O)[C@H](Cc2ccc(N(CCCl)CCCl)cc2)NC(=O)OC(C)(C)C)O[C@@H]2O[C@@]3(C)CC[C@H]4[C@H](C)CC[C@@H]1[C@@]24OO3. The number of esters is 1. The van der Waals surface area contributed by atoms with E-state index in [1.165, 1.54) is 0 Å². The van der Waals surface area contributed by atoms with Crippen molar-refractivity contribution in [2.24, 2.45) is 23.7 Å². The molecule has 1 saturated carbocycles. The maximum absolute atomic E-state index is 13.2. The summed E-state index contributed by atoms with van der Waals surface area (Å²) in [6, 6.07) is 6.73. The van der Waals surface area contributed by atoms with Crippen LogP contribution in [0.2, 0.25) is 0 Å². The van der Waals surface area contributed by atoms with Crippen molar-refractivity contribution in [3.63, 3.8) is 0 Å². The number of carbonyl (C=O) groups excluding carboxylic acids is 2. The van der Waals surface area contributed by atoms with E-state index in [1.807, 2.05) is 31.2 Å². The molecule has 0 aromatic heterocycles. The van der Waals surface area contributed by atoms with Gasteiger partial charge >= 0.3 is 12.1 Å². The van der Waals surface area contributed by atoms with Crippen LogP contribution in [0, 0.1) is 23.7 Å². The molecule has 2 bridgehead atoms. The third kappa shape index (κ3) is 9.81. The lowest BCUT2D eigenvalue weighted by Gasteiger charge is -2.60. The van der Waals surface area contributed by atoms with Gasteiger partial charge in [0.2, 0.25) is 5.79 Å². The second kappa shape index (κ2) is 17.5. The third-order valence-electron chi connectivity index (χ3n) is 10.5. The summed E-state index contributed by atoms with van der Waals surface area (Å²) in [5.41, 5.74) is 0.434. The van der Waals surface area contributed by atoms with Gasteiger partial charge < -0.3 is 38.6 Å². The number of nitrogens with one attached hydrogen (secondary N) is 1. The molecule has 1 aromatic rings. The highest BCUT2D eigenvalue weighted by Gasteiger charge is 2.69. The summed E-state index contributed by atoms with van der Waals surface area (Å²) < 4.78 is 35.7. The van der Waals surface area contributed by atoms with Crippen molar-refractivity contribution in [3.8, 4) is 0 Å². The van der Waals surface area contributed by atoms with Crippen molar-refractivity contribution in [3.05, 3.63) is 29.8 Å². The maximum Gasteiger partial charge on any atom is 0.408 e. The summed E-state index contributed by atoms with van der Waals surface area (Å²) in [7, 11) is 0. The highest BCUT2D eigenvalue weighted by Crippen LogP contribution is 2.60. The molecule has 0 unspecified atom stereocenters. The Morgan fingerprint density at radius 3 is 2.37 bits per heavy atom. The molecule has 5 fully saturated rings. The number of halogens is 2. The Bertz CT molecular complexity index is 1290. The van der Waals surface area contributed by atoms with Gasteiger partial charge in [0.25, 0.3) is 0 Å². The predicted molar refractivity (Wildman–Crippen MR) is 192 cm³/mol. The fraction of sp³-hybridized carbons (Fsp3) is 0.784. The van der Waals surface area contributed by atoms with Crippen LogP contribution in [0.25, 0.3) is 0 Å². The Balaban J connectivity index is 1.09. The minimum absolute atomic E-state index is 0.00240. The second-order valence-electron chi connectivity index (χ2n) is 15.4. The molecule has 5 aliphatic rings. The van der Waals surface area contributed by atoms with E-state index in [9.17, 15) is 9.59 Å². The molecule has 4 aliphatic heterocycles. The predicted octanol–water partition coefficient (Wildman–Crippen LogP) is 6.19. The zero-order valence-corrected chi connectivity index (χ0v) is 32.3. The lowest BCUT2D eigenvalue weighted by atomic mass is 9.58. The Morgan fingerprint density at radius 2 is 1.69 bits per heavy atom. The van der Waals surface area contributed by atoms with Gasteiger partial charge in [0.1, 0.15) is 18.2 Å². The van der Waals surface area contributed by atoms with Crippen molar-refractivity contribution in [1.29, 1.82) is 0 Å². The fourth-order valence-corrected chi connectivity index (χ4v) is 8.39. The van der Waals surface area contributed by atoms with Gasteiger partial charge in [0.05, 0.1) is 19.8 Å². The molecule has 4 heterocycles. The van der Waals surface area contributed by atoms with E-state index in [1.54, 1.807) is 20.8 Å². The van der Waals surface area contributed by atoms with Gasteiger partial charge in [0, 0.05) is 55.2 Å². The van der Waals surface area contributed by atoms with Crippen molar-refractivity contribution in [2.45, 2.75) is 109 Å². The molecular weight excluding hydrogens is 703 g/mol. The summed E-state index contributed by atoms with van der Waals surface area (Å²) in [6.07, 6.45) is 2.28. The van der Waals surface area contributed by atoms with Gasteiger partial charge in [-0.3, -0.25) is 0 Å². The zero-order valence-electron chi connectivity index (χ0n) is 30.8. The number of fused-ring (bicyclic) bond motifs is 2. The number of hydrogen-bond donors (Lipinski definition) is 1. The normalized spacial score (nSPS) is 32.0. The van der Waals surface area contributed by atoms with Crippen LogP contribution in [-0.2, 0) is 49.4 Å². The number of rotatable bonds is 16. The monoisotopic (exact) mass is 758 g/mol. The van der Waals surface area contributed by atoms with E-state index in [2.05, 4.69) is 24.1 Å². The van der Waals surface area contributed by atoms with Crippen LogP contribution in [0.15, 0.2) is 24.3 Å². The minimum Gasteiger partial charge on any atom is -0.462 e. The maximum atomic E-state index is 13.2. The fourth-order valence-electron chi connectivity index (χ4n) is 7.99. The molecule has 0 radical (unpaired) electrons. The number of ether oxygens (including phenoxy) is 6. The summed E-state index contributed by atoms with van der Waals surface area (Å²) in [5, 5.41) is 2.67. The number of benzene rings is 1. The van der Waals surface area contributed by atoms with Gasteiger partial charge in [-0.25, -0.2) is 19.4 Å². The molecule has 1 N–H and O–H groups in total. The smallest absolute Gasteiger partial charge is 0.408 e. The lowest BCUT2D eigenvalue weighted by molar-refractivity contribution is -0.577. The van der Waals surface area contributed by atoms with E-state index >= 15 is 0 Å². The summed E-state index contributed by atoms with van der Waals surface area (Å²) in [6.45, 7) is 13.7. The Labute approximate surface area is 312 Å².